The van der Waals surface area contributed by atoms with E-state index in [0.29, 0.717) is 24.8 Å². The lowest BCUT2D eigenvalue weighted by atomic mass is 9.58. The number of carbonyl (C=O) groups is 1. The fourth-order valence-electron chi connectivity index (χ4n) is 5.40. The Morgan fingerprint density at radius 2 is 1.56 bits per heavy atom. The first-order valence-corrected chi connectivity index (χ1v) is 9.97. The molecule has 6 heteroatoms. The van der Waals surface area contributed by atoms with Crippen molar-refractivity contribution < 1.29 is 9.90 Å². The first-order valence-electron chi connectivity index (χ1n) is 9.97. The van der Waals surface area contributed by atoms with Crippen LogP contribution in [-0.2, 0) is 4.79 Å². The van der Waals surface area contributed by atoms with Crippen LogP contribution in [0.4, 0.5) is 0 Å². The van der Waals surface area contributed by atoms with Gasteiger partial charge in [-0.1, -0.05) is 44.9 Å². The van der Waals surface area contributed by atoms with Crippen LogP contribution in [0.25, 0.3) is 0 Å². The van der Waals surface area contributed by atoms with E-state index in [0.717, 1.165) is 38.5 Å². The molecule has 0 aromatic carbocycles. The third-order valence-electron chi connectivity index (χ3n) is 6.79. The summed E-state index contributed by atoms with van der Waals surface area (Å²) in [4.78, 5) is 11.7. The third kappa shape index (κ3) is 2.73. The van der Waals surface area contributed by atoms with Crippen molar-refractivity contribution in [3.63, 3.8) is 0 Å². The SMILES string of the molecule is N#CC1(C#N)CC(C=O)=C2N[C@]3(O)CCCCCCCCCC[C@@H]3[C@@]21C#N. The lowest BCUT2D eigenvalue weighted by Gasteiger charge is -2.39. The van der Waals surface area contributed by atoms with Crippen LogP contribution >= 0.6 is 0 Å². The molecule has 2 aliphatic carbocycles. The molecule has 0 unspecified atom stereocenters. The minimum Gasteiger partial charge on any atom is -0.371 e. The fourth-order valence-corrected chi connectivity index (χ4v) is 5.40. The summed E-state index contributed by atoms with van der Waals surface area (Å²) in [5, 5.41) is 44.6. The number of nitrogens with one attached hydrogen (secondary N) is 1. The standard InChI is InChI=1S/C21H26N4O2/c22-13-19(14-23)11-16(12-26)18-20(19,15-24)17-9-7-5-3-1-2-4-6-8-10-21(17,27)25-18/h12,17,25,27H,1-11H2/t17-,20+,21+/m1/s1. The largest absolute Gasteiger partial charge is 0.371 e. The smallest absolute Gasteiger partial charge is 0.172 e. The van der Waals surface area contributed by atoms with Gasteiger partial charge in [0.05, 0.1) is 18.2 Å². The van der Waals surface area contributed by atoms with Crippen molar-refractivity contribution in [2.75, 3.05) is 0 Å². The van der Waals surface area contributed by atoms with Gasteiger partial charge in [-0.05, 0) is 19.3 Å². The van der Waals surface area contributed by atoms with Crippen LogP contribution in [-0.4, -0.2) is 17.1 Å². The van der Waals surface area contributed by atoms with Crippen molar-refractivity contribution in [1.29, 1.82) is 15.8 Å². The summed E-state index contributed by atoms with van der Waals surface area (Å²) in [6.45, 7) is 0. The average molecular weight is 366 g/mol. The van der Waals surface area contributed by atoms with Gasteiger partial charge in [0.1, 0.15) is 17.4 Å². The van der Waals surface area contributed by atoms with Crippen molar-refractivity contribution in [3.05, 3.63) is 11.3 Å². The Morgan fingerprint density at radius 3 is 2.11 bits per heavy atom. The molecular formula is C21H26N4O2. The average Bonchev–Trinajstić information content (AvgIpc) is 3.08. The summed E-state index contributed by atoms with van der Waals surface area (Å²) in [6.07, 6.45) is 9.81. The summed E-state index contributed by atoms with van der Waals surface area (Å²) in [5.74, 6) is -0.582. The van der Waals surface area contributed by atoms with Crippen LogP contribution in [0.1, 0.15) is 70.6 Å². The highest BCUT2D eigenvalue weighted by Crippen LogP contribution is 2.65. The molecule has 3 rings (SSSR count). The van der Waals surface area contributed by atoms with Crippen molar-refractivity contribution in [1.82, 2.24) is 5.32 Å². The number of carbonyl (C=O) groups excluding carboxylic acids is 1. The van der Waals surface area contributed by atoms with Gasteiger partial charge in [-0.25, -0.2) is 0 Å². The predicted molar refractivity (Wildman–Crippen MR) is 97.2 cm³/mol. The van der Waals surface area contributed by atoms with Gasteiger partial charge in [0.25, 0.3) is 0 Å². The van der Waals surface area contributed by atoms with Crippen molar-refractivity contribution in [2.24, 2.45) is 16.7 Å². The number of nitriles is 3. The van der Waals surface area contributed by atoms with Crippen LogP contribution in [0.3, 0.4) is 0 Å². The molecule has 2 N–H and O–H groups in total. The van der Waals surface area contributed by atoms with E-state index in [2.05, 4.69) is 23.5 Å². The zero-order valence-electron chi connectivity index (χ0n) is 15.6. The first-order chi connectivity index (χ1) is 13.0. The Morgan fingerprint density at radius 1 is 0.963 bits per heavy atom. The topological polar surface area (TPSA) is 121 Å². The first kappa shape index (κ1) is 19.4. The summed E-state index contributed by atoms with van der Waals surface area (Å²) >= 11 is 0. The molecule has 3 aliphatic rings. The molecule has 0 aromatic rings. The quantitative estimate of drug-likeness (QED) is 0.687. The molecule has 142 valence electrons. The number of hydrogen-bond acceptors (Lipinski definition) is 6. The Hall–Kier alpha value is -2.36. The summed E-state index contributed by atoms with van der Waals surface area (Å²) < 4.78 is 0. The van der Waals surface area contributed by atoms with E-state index >= 15 is 0 Å². The molecule has 2 fully saturated rings. The van der Waals surface area contributed by atoms with Gasteiger partial charge in [0.2, 0.25) is 0 Å². The molecule has 0 bridgehead atoms. The minimum absolute atomic E-state index is 0.0635. The van der Waals surface area contributed by atoms with E-state index in [1.54, 1.807) is 0 Å². The molecule has 0 radical (unpaired) electrons. The van der Waals surface area contributed by atoms with Crippen LogP contribution in [0, 0.1) is 50.7 Å². The molecule has 27 heavy (non-hydrogen) atoms. The number of nitrogens with zero attached hydrogens (tertiary/aromatic N) is 3. The summed E-state index contributed by atoms with van der Waals surface area (Å²) in [6, 6.07) is 6.36. The molecule has 1 saturated heterocycles. The second-order valence-corrected chi connectivity index (χ2v) is 8.21. The molecule has 0 aromatic heterocycles. The molecule has 3 atom stereocenters. The van der Waals surface area contributed by atoms with Crippen LogP contribution in [0.2, 0.25) is 0 Å². The Labute approximate surface area is 160 Å². The van der Waals surface area contributed by atoms with Crippen LogP contribution in [0.5, 0.6) is 0 Å². The van der Waals surface area contributed by atoms with E-state index in [1.807, 2.05) is 0 Å². The highest BCUT2D eigenvalue weighted by Gasteiger charge is 2.73. The maximum atomic E-state index is 11.7. The molecular weight excluding hydrogens is 340 g/mol. The number of fused-ring (bicyclic) bond motifs is 3. The molecule has 1 heterocycles. The van der Waals surface area contributed by atoms with E-state index in [9.17, 15) is 25.7 Å². The minimum atomic E-state index is -1.65. The maximum Gasteiger partial charge on any atom is 0.172 e. The van der Waals surface area contributed by atoms with E-state index in [4.69, 9.17) is 0 Å². The summed E-state index contributed by atoms with van der Waals surface area (Å²) in [5.41, 5.74) is -3.91. The highest BCUT2D eigenvalue weighted by atomic mass is 16.3. The van der Waals surface area contributed by atoms with Gasteiger partial charge in [-0.2, -0.15) is 15.8 Å². The van der Waals surface area contributed by atoms with Gasteiger partial charge < -0.3 is 10.4 Å². The fraction of sp³-hybridized carbons (Fsp3) is 0.714. The lowest BCUT2D eigenvalue weighted by Crippen LogP contribution is -2.49. The third-order valence-corrected chi connectivity index (χ3v) is 6.79. The second-order valence-electron chi connectivity index (χ2n) is 8.21. The number of aldehydes is 1. The number of aliphatic hydroxyl groups is 1. The highest BCUT2D eigenvalue weighted by molar-refractivity contribution is 5.79. The lowest BCUT2D eigenvalue weighted by molar-refractivity contribution is -0.105. The number of hydrogen-bond donors (Lipinski definition) is 2. The summed E-state index contributed by atoms with van der Waals surface area (Å²) in [7, 11) is 0. The van der Waals surface area contributed by atoms with E-state index in [1.165, 1.54) is 12.8 Å². The Balaban J connectivity index is 2.11. The Kier molecular flexibility index (Phi) is 5.27. The number of allylic oxidation sites excluding steroid dienone is 2. The van der Waals surface area contributed by atoms with Crippen molar-refractivity contribution in [3.8, 4) is 18.2 Å². The van der Waals surface area contributed by atoms with Gasteiger partial charge in [-0.15, -0.1) is 0 Å². The van der Waals surface area contributed by atoms with Crippen LogP contribution < -0.4 is 5.32 Å². The van der Waals surface area contributed by atoms with Gasteiger partial charge in [0, 0.05) is 23.6 Å². The molecule has 0 amide bonds. The molecule has 6 nitrogen and oxygen atoms in total. The van der Waals surface area contributed by atoms with Crippen LogP contribution in [0.15, 0.2) is 11.3 Å². The maximum absolute atomic E-state index is 11.7. The number of rotatable bonds is 1. The predicted octanol–water partition coefficient (Wildman–Crippen LogP) is 3.21. The monoisotopic (exact) mass is 366 g/mol. The molecule has 1 saturated carbocycles. The second kappa shape index (κ2) is 7.34. The zero-order valence-corrected chi connectivity index (χ0v) is 15.6. The molecule has 0 spiro atoms. The Bertz CT molecular complexity index is 755. The van der Waals surface area contributed by atoms with E-state index in [-0.39, 0.29) is 12.0 Å². The van der Waals surface area contributed by atoms with E-state index < -0.39 is 22.5 Å². The van der Waals surface area contributed by atoms with Gasteiger partial charge in [-0.3, -0.25) is 4.79 Å². The molecule has 1 aliphatic heterocycles. The van der Waals surface area contributed by atoms with Crippen molar-refractivity contribution in [2.45, 2.75) is 76.4 Å². The van der Waals surface area contributed by atoms with Gasteiger partial charge >= 0.3 is 0 Å². The van der Waals surface area contributed by atoms with Crippen molar-refractivity contribution >= 4 is 6.29 Å². The normalized spacial score (nSPS) is 35.9. The van der Waals surface area contributed by atoms with Gasteiger partial charge in [0.15, 0.2) is 5.41 Å². The zero-order chi connectivity index (χ0) is 19.5.